The summed E-state index contributed by atoms with van der Waals surface area (Å²) in [5.74, 6) is 1.70. The van der Waals surface area contributed by atoms with Crippen LogP contribution in [0.15, 0.2) is 28.9 Å². The lowest BCUT2D eigenvalue weighted by atomic mass is 9.90. The molecule has 0 spiro atoms. The maximum Gasteiger partial charge on any atom is 0.250 e. The Balaban J connectivity index is 1.54. The van der Waals surface area contributed by atoms with E-state index in [9.17, 15) is 9.59 Å². The first-order chi connectivity index (χ1) is 12.8. The summed E-state index contributed by atoms with van der Waals surface area (Å²) in [6.07, 6.45) is 7.98. The Kier molecular flexibility index (Phi) is 5.84. The molecule has 1 saturated heterocycles. The highest BCUT2D eigenvalue weighted by atomic mass is 16.2. The standard InChI is InChI=1S/C21H32N4O2/c1-15-6-9-25-18(11-15)23-19(26)12-21(25,4)20(27)22-7-5-8-24-13-16(2)10-17(3)14-24/h6,9,11,16-17H,5,7-8,10,12-14H2,1-4H3,(H,22,27)/t16-,17-,21-/m1/s1. The van der Waals surface area contributed by atoms with E-state index in [1.54, 1.807) is 0 Å². The number of hydrogen-bond donors (Lipinski definition) is 1. The van der Waals surface area contributed by atoms with E-state index in [0.717, 1.165) is 43.5 Å². The van der Waals surface area contributed by atoms with E-state index >= 15 is 0 Å². The number of fused-ring (bicyclic) bond motifs is 1. The summed E-state index contributed by atoms with van der Waals surface area (Å²) in [6.45, 7) is 12.3. The number of amidine groups is 1. The lowest BCUT2D eigenvalue weighted by Gasteiger charge is -2.42. The van der Waals surface area contributed by atoms with Crippen LogP contribution in [0.2, 0.25) is 0 Å². The molecule has 6 nitrogen and oxygen atoms in total. The number of nitrogens with zero attached hydrogens (tertiary/aromatic N) is 3. The number of piperidine rings is 1. The molecule has 0 aromatic heterocycles. The molecule has 0 aromatic carbocycles. The minimum Gasteiger partial charge on any atom is -0.354 e. The Morgan fingerprint density at radius 3 is 2.74 bits per heavy atom. The molecule has 0 unspecified atom stereocenters. The number of hydrogen-bond acceptors (Lipinski definition) is 4. The van der Waals surface area contributed by atoms with Gasteiger partial charge in [-0.15, -0.1) is 0 Å². The summed E-state index contributed by atoms with van der Waals surface area (Å²) in [5, 5.41) is 3.05. The molecule has 0 aliphatic carbocycles. The zero-order valence-electron chi connectivity index (χ0n) is 17.0. The van der Waals surface area contributed by atoms with Gasteiger partial charge in [0.05, 0.1) is 6.42 Å². The Hall–Kier alpha value is -1.95. The normalized spacial score (nSPS) is 31.3. The van der Waals surface area contributed by atoms with Crippen molar-refractivity contribution in [2.24, 2.45) is 16.8 Å². The predicted octanol–water partition coefficient (Wildman–Crippen LogP) is 2.33. The van der Waals surface area contributed by atoms with E-state index in [1.165, 1.54) is 6.42 Å². The first-order valence-electron chi connectivity index (χ1n) is 10.1. The molecule has 148 valence electrons. The Labute approximate surface area is 162 Å². The van der Waals surface area contributed by atoms with Gasteiger partial charge in [-0.25, -0.2) is 0 Å². The lowest BCUT2D eigenvalue weighted by molar-refractivity contribution is -0.134. The molecule has 3 aliphatic heterocycles. The van der Waals surface area contributed by atoms with Crippen LogP contribution >= 0.6 is 0 Å². The molecule has 3 aliphatic rings. The second kappa shape index (κ2) is 7.97. The van der Waals surface area contributed by atoms with Crippen LogP contribution in [-0.2, 0) is 9.59 Å². The van der Waals surface area contributed by atoms with Gasteiger partial charge in [-0.05, 0) is 62.8 Å². The van der Waals surface area contributed by atoms with Crippen molar-refractivity contribution in [3.05, 3.63) is 23.9 Å². The molecule has 0 radical (unpaired) electrons. The largest absolute Gasteiger partial charge is 0.354 e. The quantitative estimate of drug-likeness (QED) is 0.753. The Morgan fingerprint density at radius 2 is 2.04 bits per heavy atom. The molecule has 27 heavy (non-hydrogen) atoms. The van der Waals surface area contributed by atoms with Crippen molar-refractivity contribution >= 4 is 17.6 Å². The molecule has 2 amide bonds. The highest BCUT2D eigenvalue weighted by Crippen LogP contribution is 2.29. The van der Waals surface area contributed by atoms with Crippen molar-refractivity contribution in [2.45, 2.75) is 52.5 Å². The van der Waals surface area contributed by atoms with Gasteiger partial charge in [0, 0.05) is 25.8 Å². The van der Waals surface area contributed by atoms with E-state index in [4.69, 9.17) is 0 Å². The third-order valence-electron chi connectivity index (χ3n) is 5.73. The SMILES string of the molecule is CC1=CC2=NC(=O)C[C@](C)(C(=O)NCCCN3C[C@H](C)C[C@@H](C)C3)N2C=C1. The molecule has 0 aromatic rings. The average Bonchev–Trinajstić information content (AvgIpc) is 2.57. The van der Waals surface area contributed by atoms with E-state index in [0.29, 0.717) is 12.4 Å². The van der Waals surface area contributed by atoms with Crippen molar-refractivity contribution in [3.63, 3.8) is 0 Å². The molecule has 6 heteroatoms. The van der Waals surface area contributed by atoms with Crippen molar-refractivity contribution in [3.8, 4) is 0 Å². The first kappa shape index (κ1) is 19.8. The van der Waals surface area contributed by atoms with Crippen LogP contribution in [0.1, 0.15) is 47.0 Å². The average molecular weight is 373 g/mol. The maximum absolute atomic E-state index is 12.9. The number of carbonyl (C=O) groups excluding carboxylic acids is 2. The molecule has 0 saturated carbocycles. The van der Waals surface area contributed by atoms with Crippen molar-refractivity contribution in [1.82, 2.24) is 15.1 Å². The first-order valence-corrected chi connectivity index (χ1v) is 10.1. The Morgan fingerprint density at radius 1 is 1.33 bits per heavy atom. The summed E-state index contributed by atoms with van der Waals surface area (Å²) in [4.78, 5) is 33.4. The van der Waals surface area contributed by atoms with Crippen molar-refractivity contribution < 1.29 is 9.59 Å². The van der Waals surface area contributed by atoms with E-state index in [1.807, 2.05) is 37.1 Å². The van der Waals surface area contributed by atoms with Crippen LogP contribution < -0.4 is 5.32 Å². The zero-order valence-corrected chi connectivity index (χ0v) is 17.0. The number of rotatable bonds is 5. The molecule has 0 bridgehead atoms. The summed E-state index contributed by atoms with van der Waals surface area (Å²) in [7, 11) is 0. The minimum atomic E-state index is -0.921. The monoisotopic (exact) mass is 372 g/mol. The molecule has 1 N–H and O–H groups in total. The fraction of sp³-hybridized carbons (Fsp3) is 0.667. The summed E-state index contributed by atoms with van der Waals surface area (Å²) in [6, 6.07) is 0. The van der Waals surface area contributed by atoms with Crippen molar-refractivity contribution in [2.75, 3.05) is 26.2 Å². The highest BCUT2D eigenvalue weighted by molar-refractivity contribution is 6.09. The van der Waals surface area contributed by atoms with Gasteiger partial charge in [-0.2, -0.15) is 4.99 Å². The molecule has 3 heterocycles. The van der Waals surface area contributed by atoms with E-state index in [-0.39, 0.29) is 18.2 Å². The fourth-order valence-electron chi connectivity index (χ4n) is 4.50. The second-order valence-corrected chi connectivity index (χ2v) is 8.70. The van der Waals surface area contributed by atoms with Gasteiger partial charge in [-0.3, -0.25) is 9.59 Å². The van der Waals surface area contributed by atoms with Gasteiger partial charge in [0.1, 0.15) is 11.4 Å². The number of likely N-dealkylation sites (tertiary alicyclic amines) is 1. The third-order valence-corrected chi connectivity index (χ3v) is 5.73. The number of amides is 2. The molecule has 3 atom stereocenters. The minimum absolute atomic E-state index is 0.0979. The van der Waals surface area contributed by atoms with Crippen LogP contribution in [0.3, 0.4) is 0 Å². The van der Waals surface area contributed by atoms with Crippen LogP contribution in [0, 0.1) is 11.8 Å². The number of nitrogens with one attached hydrogen (secondary N) is 1. The predicted molar refractivity (Wildman–Crippen MR) is 107 cm³/mol. The highest BCUT2D eigenvalue weighted by Gasteiger charge is 2.45. The molecule has 3 rings (SSSR count). The van der Waals surface area contributed by atoms with Gasteiger partial charge in [-0.1, -0.05) is 13.8 Å². The topological polar surface area (TPSA) is 65.0 Å². The number of aliphatic imine (C=N–C) groups is 1. The van der Waals surface area contributed by atoms with Gasteiger partial charge < -0.3 is 15.1 Å². The van der Waals surface area contributed by atoms with Crippen LogP contribution in [0.5, 0.6) is 0 Å². The summed E-state index contributed by atoms with van der Waals surface area (Å²) >= 11 is 0. The Bertz CT molecular complexity index is 686. The van der Waals surface area contributed by atoms with E-state index in [2.05, 4.69) is 29.1 Å². The van der Waals surface area contributed by atoms with Gasteiger partial charge in [0.15, 0.2) is 0 Å². The summed E-state index contributed by atoms with van der Waals surface area (Å²) < 4.78 is 0. The van der Waals surface area contributed by atoms with Gasteiger partial charge >= 0.3 is 0 Å². The van der Waals surface area contributed by atoms with E-state index < -0.39 is 5.54 Å². The van der Waals surface area contributed by atoms with Crippen LogP contribution in [0.4, 0.5) is 0 Å². The molecule has 1 fully saturated rings. The zero-order chi connectivity index (χ0) is 19.6. The number of allylic oxidation sites excluding steroid dienone is 2. The molecular weight excluding hydrogens is 340 g/mol. The second-order valence-electron chi connectivity index (χ2n) is 8.70. The van der Waals surface area contributed by atoms with Crippen LogP contribution in [-0.4, -0.2) is 59.2 Å². The maximum atomic E-state index is 12.9. The van der Waals surface area contributed by atoms with Gasteiger partial charge in [0.25, 0.3) is 5.91 Å². The third kappa shape index (κ3) is 4.49. The fourth-order valence-corrected chi connectivity index (χ4v) is 4.50. The summed E-state index contributed by atoms with van der Waals surface area (Å²) in [5.41, 5.74) is 0.100. The van der Waals surface area contributed by atoms with Gasteiger partial charge in [0.2, 0.25) is 5.91 Å². The van der Waals surface area contributed by atoms with Crippen LogP contribution in [0.25, 0.3) is 0 Å². The molecular formula is C21H32N4O2. The van der Waals surface area contributed by atoms with Crippen molar-refractivity contribution in [1.29, 1.82) is 0 Å². The smallest absolute Gasteiger partial charge is 0.250 e. The number of carbonyl (C=O) groups is 2. The lowest BCUT2D eigenvalue weighted by Crippen LogP contribution is -2.60.